The highest BCUT2D eigenvalue weighted by molar-refractivity contribution is 5.76. The van der Waals surface area contributed by atoms with E-state index in [1.54, 1.807) is 0 Å². The van der Waals surface area contributed by atoms with E-state index in [-0.39, 0.29) is 5.91 Å². The zero-order valence-corrected chi connectivity index (χ0v) is 12.2. The highest BCUT2D eigenvalue weighted by Gasteiger charge is 2.17. The van der Waals surface area contributed by atoms with Crippen LogP contribution in [0.5, 0.6) is 0 Å². The third-order valence-corrected chi connectivity index (χ3v) is 4.28. The van der Waals surface area contributed by atoms with Crippen LogP contribution in [0.25, 0.3) is 0 Å². The highest BCUT2D eigenvalue weighted by Crippen LogP contribution is 2.17. The average molecular weight is 260 g/mol. The highest BCUT2D eigenvalue weighted by atomic mass is 16.1. The number of hydrogen-bond acceptors (Lipinski definition) is 2. The van der Waals surface area contributed by atoms with E-state index in [4.69, 9.17) is 0 Å². The molecule has 0 saturated carbocycles. The van der Waals surface area contributed by atoms with E-state index in [9.17, 15) is 4.79 Å². The van der Waals surface area contributed by atoms with Gasteiger partial charge in [0.1, 0.15) is 0 Å². The molecule has 1 aromatic carbocycles. The van der Waals surface area contributed by atoms with Gasteiger partial charge in [-0.15, -0.1) is 0 Å². The number of carbonyl (C=O) groups is 1. The van der Waals surface area contributed by atoms with Crippen molar-refractivity contribution in [3.05, 3.63) is 34.4 Å². The summed E-state index contributed by atoms with van der Waals surface area (Å²) >= 11 is 0. The van der Waals surface area contributed by atoms with Gasteiger partial charge in [-0.3, -0.25) is 4.79 Å². The van der Waals surface area contributed by atoms with E-state index in [2.05, 4.69) is 43.5 Å². The first-order valence-corrected chi connectivity index (χ1v) is 7.11. The predicted octanol–water partition coefficient (Wildman–Crippen LogP) is 2.23. The van der Waals surface area contributed by atoms with Gasteiger partial charge in [0, 0.05) is 13.0 Å². The molecule has 0 spiro atoms. The summed E-state index contributed by atoms with van der Waals surface area (Å²) in [7, 11) is 0. The topological polar surface area (TPSA) is 41.1 Å². The second-order valence-electron chi connectivity index (χ2n) is 5.63. The maximum absolute atomic E-state index is 11.9. The van der Waals surface area contributed by atoms with Crippen LogP contribution in [0, 0.1) is 26.7 Å². The number of rotatable bonds is 4. The summed E-state index contributed by atoms with van der Waals surface area (Å²) in [5.74, 6) is 0.687. The Balaban J connectivity index is 1.88. The lowest BCUT2D eigenvalue weighted by Gasteiger charge is -2.13. The summed E-state index contributed by atoms with van der Waals surface area (Å²) in [6.45, 7) is 9.07. The Bertz CT molecular complexity index is 462. The van der Waals surface area contributed by atoms with Crippen molar-refractivity contribution in [2.45, 2.75) is 40.2 Å². The SMILES string of the molecule is Cc1ccc(CNC(=O)CC2CCNC2)c(C)c1C. The molecule has 2 rings (SSSR count). The number of amides is 1. The van der Waals surface area contributed by atoms with Gasteiger partial charge in [0.2, 0.25) is 5.91 Å². The molecule has 19 heavy (non-hydrogen) atoms. The van der Waals surface area contributed by atoms with Crippen molar-refractivity contribution >= 4 is 5.91 Å². The van der Waals surface area contributed by atoms with E-state index >= 15 is 0 Å². The molecular formula is C16H24N2O. The number of nitrogens with one attached hydrogen (secondary N) is 2. The minimum absolute atomic E-state index is 0.173. The van der Waals surface area contributed by atoms with Gasteiger partial charge >= 0.3 is 0 Å². The smallest absolute Gasteiger partial charge is 0.220 e. The van der Waals surface area contributed by atoms with Gasteiger partial charge in [-0.2, -0.15) is 0 Å². The maximum atomic E-state index is 11.9. The number of carbonyl (C=O) groups excluding carboxylic acids is 1. The van der Waals surface area contributed by atoms with E-state index in [0.717, 1.165) is 19.5 Å². The average Bonchev–Trinajstić information content (AvgIpc) is 2.88. The van der Waals surface area contributed by atoms with Crippen molar-refractivity contribution in [1.29, 1.82) is 0 Å². The normalized spacial score (nSPS) is 18.6. The molecule has 104 valence electrons. The molecule has 1 saturated heterocycles. The molecule has 1 heterocycles. The van der Waals surface area contributed by atoms with Gasteiger partial charge in [-0.05, 0) is 68.5 Å². The van der Waals surface area contributed by atoms with Crippen LogP contribution >= 0.6 is 0 Å². The molecule has 0 aromatic heterocycles. The van der Waals surface area contributed by atoms with Crippen molar-refractivity contribution in [3.8, 4) is 0 Å². The van der Waals surface area contributed by atoms with Gasteiger partial charge in [0.15, 0.2) is 0 Å². The van der Waals surface area contributed by atoms with Crippen LogP contribution in [0.2, 0.25) is 0 Å². The molecule has 1 unspecified atom stereocenters. The van der Waals surface area contributed by atoms with Crippen molar-refractivity contribution in [2.75, 3.05) is 13.1 Å². The fourth-order valence-electron chi connectivity index (χ4n) is 2.62. The van der Waals surface area contributed by atoms with Crippen LogP contribution in [0.15, 0.2) is 12.1 Å². The van der Waals surface area contributed by atoms with Gasteiger partial charge in [0.25, 0.3) is 0 Å². The monoisotopic (exact) mass is 260 g/mol. The van der Waals surface area contributed by atoms with Gasteiger partial charge in [0.05, 0.1) is 0 Å². The minimum Gasteiger partial charge on any atom is -0.352 e. The first kappa shape index (κ1) is 14.1. The molecule has 2 N–H and O–H groups in total. The molecule has 3 heteroatoms. The lowest BCUT2D eigenvalue weighted by Crippen LogP contribution is -2.26. The third kappa shape index (κ3) is 3.57. The Labute approximate surface area is 115 Å². The van der Waals surface area contributed by atoms with Gasteiger partial charge in [-0.1, -0.05) is 12.1 Å². The van der Waals surface area contributed by atoms with Crippen molar-refractivity contribution < 1.29 is 4.79 Å². The Morgan fingerprint density at radius 1 is 1.32 bits per heavy atom. The number of aryl methyl sites for hydroxylation is 1. The lowest BCUT2D eigenvalue weighted by atomic mass is 9.98. The summed E-state index contributed by atoms with van der Waals surface area (Å²) in [5, 5.41) is 6.34. The third-order valence-electron chi connectivity index (χ3n) is 4.28. The lowest BCUT2D eigenvalue weighted by molar-refractivity contribution is -0.122. The van der Waals surface area contributed by atoms with Crippen LogP contribution in [-0.2, 0) is 11.3 Å². The molecule has 0 radical (unpaired) electrons. The Morgan fingerprint density at radius 3 is 2.79 bits per heavy atom. The number of benzene rings is 1. The first-order valence-electron chi connectivity index (χ1n) is 7.11. The zero-order chi connectivity index (χ0) is 13.8. The number of hydrogen-bond donors (Lipinski definition) is 2. The summed E-state index contributed by atoms with van der Waals surface area (Å²) < 4.78 is 0. The molecule has 0 aliphatic carbocycles. The van der Waals surface area contributed by atoms with Gasteiger partial charge in [-0.25, -0.2) is 0 Å². The summed E-state index contributed by atoms with van der Waals surface area (Å²) in [4.78, 5) is 11.9. The Kier molecular flexibility index (Phi) is 4.59. The van der Waals surface area contributed by atoms with E-state index < -0.39 is 0 Å². The van der Waals surface area contributed by atoms with Crippen LogP contribution in [0.3, 0.4) is 0 Å². The second kappa shape index (κ2) is 6.20. The summed E-state index contributed by atoms with van der Waals surface area (Å²) in [6, 6.07) is 4.25. The van der Waals surface area contributed by atoms with Crippen molar-refractivity contribution in [1.82, 2.24) is 10.6 Å². The Morgan fingerprint density at radius 2 is 2.11 bits per heavy atom. The van der Waals surface area contributed by atoms with Crippen LogP contribution in [0.1, 0.15) is 35.1 Å². The minimum atomic E-state index is 0.173. The molecule has 0 bridgehead atoms. The molecule has 1 aromatic rings. The molecule has 1 amide bonds. The van der Waals surface area contributed by atoms with E-state index in [1.807, 2.05) is 0 Å². The molecular weight excluding hydrogens is 236 g/mol. The predicted molar refractivity (Wildman–Crippen MR) is 78.1 cm³/mol. The van der Waals surface area contributed by atoms with E-state index in [0.29, 0.717) is 18.9 Å². The second-order valence-corrected chi connectivity index (χ2v) is 5.63. The molecule has 3 nitrogen and oxygen atoms in total. The van der Waals surface area contributed by atoms with E-state index in [1.165, 1.54) is 22.3 Å². The fourth-order valence-corrected chi connectivity index (χ4v) is 2.62. The van der Waals surface area contributed by atoms with Crippen LogP contribution in [0.4, 0.5) is 0 Å². The summed E-state index contributed by atoms with van der Waals surface area (Å²) in [6.07, 6.45) is 1.77. The first-order chi connectivity index (χ1) is 9.08. The van der Waals surface area contributed by atoms with Crippen molar-refractivity contribution in [3.63, 3.8) is 0 Å². The maximum Gasteiger partial charge on any atom is 0.220 e. The van der Waals surface area contributed by atoms with Crippen LogP contribution < -0.4 is 10.6 Å². The largest absolute Gasteiger partial charge is 0.352 e. The summed E-state index contributed by atoms with van der Waals surface area (Å²) in [5.41, 5.74) is 5.15. The molecule has 1 fully saturated rings. The molecule has 1 atom stereocenters. The molecule has 1 aliphatic heterocycles. The van der Waals surface area contributed by atoms with Crippen molar-refractivity contribution in [2.24, 2.45) is 5.92 Å². The zero-order valence-electron chi connectivity index (χ0n) is 12.2. The van der Waals surface area contributed by atoms with Gasteiger partial charge < -0.3 is 10.6 Å². The standard InChI is InChI=1S/C16H24N2O/c1-11-4-5-15(13(3)12(11)2)10-18-16(19)8-14-6-7-17-9-14/h4-5,14,17H,6-10H2,1-3H3,(H,18,19). The quantitative estimate of drug-likeness (QED) is 0.871. The Hall–Kier alpha value is -1.35. The van der Waals surface area contributed by atoms with Crippen LogP contribution in [-0.4, -0.2) is 19.0 Å². The molecule has 1 aliphatic rings. The fraction of sp³-hybridized carbons (Fsp3) is 0.562.